The Bertz CT molecular complexity index is 467. The lowest BCUT2D eigenvalue weighted by atomic mass is 9.97. The predicted molar refractivity (Wildman–Crippen MR) is 75.6 cm³/mol. The Morgan fingerprint density at radius 2 is 2.16 bits per heavy atom. The third-order valence-electron chi connectivity index (χ3n) is 3.71. The molecule has 5 nitrogen and oxygen atoms in total. The lowest BCUT2D eigenvalue weighted by molar-refractivity contribution is -0.384. The highest BCUT2D eigenvalue weighted by Crippen LogP contribution is 2.30. The van der Waals surface area contributed by atoms with Crippen molar-refractivity contribution in [3.63, 3.8) is 0 Å². The van der Waals surface area contributed by atoms with Gasteiger partial charge in [0.2, 0.25) is 5.82 Å². The standard InChI is InChI=1S/C13H18ClN3O2/c1-9-5-3-2-4-6-11(9)16-13-12(17(18)19)7-10(14)8-15-13/h7-9,11H,2-6H2,1H3,(H,15,16). The summed E-state index contributed by atoms with van der Waals surface area (Å²) < 4.78 is 0. The number of pyridine rings is 1. The second-order valence-electron chi connectivity index (χ2n) is 5.14. The number of anilines is 1. The molecule has 0 amide bonds. The second kappa shape index (κ2) is 6.19. The summed E-state index contributed by atoms with van der Waals surface area (Å²) in [6.45, 7) is 2.19. The second-order valence-corrected chi connectivity index (χ2v) is 5.58. The van der Waals surface area contributed by atoms with Gasteiger partial charge in [-0.25, -0.2) is 4.98 Å². The van der Waals surface area contributed by atoms with Gasteiger partial charge in [-0.3, -0.25) is 10.1 Å². The van der Waals surface area contributed by atoms with Crippen molar-refractivity contribution >= 4 is 23.1 Å². The molecular formula is C13H18ClN3O2. The number of aromatic nitrogens is 1. The lowest BCUT2D eigenvalue weighted by Gasteiger charge is -2.23. The Hall–Kier alpha value is -1.36. The van der Waals surface area contributed by atoms with Crippen molar-refractivity contribution in [1.82, 2.24) is 4.98 Å². The van der Waals surface area contributed by atoms with E-state index in [1.165, 1.54) is 25.1 Å². The Kier molecular flexibility index (Phi) is 4.58. The molecule has 2 atom stereocenters. The highest BCUT2D eigenvalue weighted by atomic mass is 35.5. The number of rotatable bonds is 3. The van der Waals surface area contributed by atoms with Crippen molar-refractivity contribution in [3.8, 4) is 0 Å². The summed E-state index contributed by atoms with van der Waals surface area (Å²) in [5.74, 6) is 0.827. The molecule has 1 N–H and O–H groups in total. The normalized spacial score (nSPS) is 23.7. The molecule has 1 aliphatic rings. The first-order valence-electron chi connectivity index (χ1n) is 6.64. The first-order chi connectivity index (χ1) is 9.08. The SMILES string of the molecule is CC1CCCCCC1Nc1ncc(Cl)cc1[N+](=O)[O-]. The van der Waals surface area contributed by atoms with Gasteiger partial charge in [-0.1, -0.05) is 37.8 Å². The third-order valence-corrected chi connectivity index (χ3v) is 3.92. The van der Waals surface area contributed by atoms with Crippen LogP contribution in [0.2, 0.25) is 5.02 Å². The molecule has 0 saturated heterocycles. The van der Waals surface area contributed by atoms with Crippen LogP contribution in [0, 0.1) is 16.0 Å². The molecule has 104 valence electrons. The highest BCUT2D eigenvalue weighted by Gasteiger charge is 2.24. The Morgan fingerprint density at radius 1 is 1.42 bits per heavy atom. The van der Waals surface area contributed by atoms with E-state index in [4.69, 9.17) is 11.6 Å². The van der Waals surface area contributed by atoms with Gasteiger partial charge in [-0.05, 0) is 18.8 Å². The molecule has 1 aromatic rings. The fraction of sp³-hybridized carbons (Fsp3) is 0.615. The Balaban J connectivity index is 2.19. The molecule has 2 rings (SSSR count). The molecule has 2 unspecified atom stereocenters. The zero-order chi connectivity index (χ0) is 13.8. The Morgan fingerprint density at radius 3 is 2.89 bits per heavy atom. The van der Waals surface area contributed by atoms with E-state index in [-0.39, 0.29) is 16.8 Å². The van der Waals surface area contributed by atoms with Crippen LogP contribution in [0.5, 0.6) is 0 Å². The summed E-state index contributed by atoms with van der Waals surface area (Å²) in [6.07, 6.45) is 7.25. The zero-order valence-electron chi connectivity index (χ0n) is 10.9. The quantitative estimate of drug-likeness (QED) is 0.517. The maximum Gasteiger partial charge on any atom is 0.312 e. The van der Waals surface area contributed by atoms with E-state index in [0.717, 1.165) is 19.3 Å². The predicted octanol–water partition coefficient (Wildman–Crippen LogP) is 4.02. The zero-order valence-corrected chi connectivity index (χ0v) is 11.7. The molecule has 0 bridgehead atoms. The minimum absolute atomic E-state index is 0.0519. The average molecular weight is 284 g/mol. The molecule has 0 spiro atoms. The van der Waals surface area contributed by atoms with E-state index >= 15 is 0 Å². The minimum Gasteiger partial charge on any atom is -0.361 e. The van der Waals surface area contributed by atoms with Crippen molar-refractivity contribution < 1.29 is 4.92 Å². The van der Waals surface area contributed by atoms with Crippen molar-refractivity contribution in [2.24, 2.45) is 5.92 Å². The summed E-state index contributed by atoms with van der Waals surface area (Å²) in [6, 6.07) is 1.59. The topological polar surface area (TPSA) is 68.1 Å². The molecule has 6 heteroatoms. The van der Waals surface area contributed by atoms with Gasteiger partial charge < -0.3 is 5.32 Å². The lowest BCUT2D eigenvalue weighted by Crippen LogP contribution is -2.27. The maximum atomic E-state index is 11.0. The van der Waals surface area contributed by atoms with E-state index in [1.54, 1.807) is 0 Å². The maximum absolute atomic E-state index is 11.0. The number of hydrogen-bond acceptors (Lipinski definition) is 4. The fourth-order valence-corrected chi connectivity index (χ4v) is 2.71. The van der Waals surface area contributed by atoms with Crippen LogP contribution >= 0.6 is 11.6 Å². The van der Waals surface area contributed by atoms with Crippen LogP contribution < -0.4 is 5.32 Å². The molecule has 19 heavy (non-hydrogen) atoms. The van der Waals surface area contributed by atoms with Gasteiger partial charge >= 0.3 is 5.69 Å². The van der Waals surface area contributed by atoms with E-state index < -0.39 is 4.92 Å². The molecule has 1 aromatic heterocycles. The van der Waals surface area contributed by atoms with Gasteiger partial charge in [0.1, 0.15) is 0 Å². The van der Waals surface area contributed by atoms with Gasteiger partial charge in [0.15, 0.2) is 0 Å². The summed E-state index contributed by atoms with van der Waals surface area (Å²) in [7, 11) is 0. The molecule has 0 aromatic carbocycles. The van der Waals surface area contributed by atoms with Crippen LogP contribution in [0.1, 0.15) is 39.0 Å². The van der Waals surface area contributed by atoms with Crippen LogP contribution in [0.15, 0.2) is 12.3 Å². The van der Waals surface area contributed by atoms with Gasteiger partial charge in [0, 0.05) is 18.3 Å². The van der Waals surface area contributed by atoms with Crippen molar-refractivity contribution in [3.05, 3.63) is 27.4 Å². The monoisotopic (exact) mass is 283 g/mol. The van der Waals surface area contributed by atoms with Gasteiger partial charge in [0.25, 0.3) is 0 Å². The smallest absolute Gasteiger partial charge is 0.312 e. The molecule has 1 aliphatic carbocycles. The van der Waals surface area contributed by atoms with E-state index in [9.17, 15) is 10.1 Å². The van der Waals surface area contributed by atoms with Crippen molar-refractivity contribution in [1.29, 1.82) is 0 Å². The van der Waals surface area contributed by atoms with Gasteiger partial charge in [-0.15, -0.1) is 0 Å². The first-order valence-corrected chi connectivity index (χ1v) is 7.02. The van der Waals surface area contributed by atoms with Crippen LogP contribution in [-0.4, -0.2) is 15.9 Å². The van der Waals surface area contributed by atoms with Gasteiger partial charge in [-0.2, -0.15) is 0 Å². The molecule has 1 fully saturated rings. The minimum atomic E-state index is -0.442. The number of nitro groups is 1. The number of hydrogen-bond donors (Lipinski definition) is 1. The van der Waals surface area contributed by atoms with Gasteiger partial charge in [0.05, 0.1) is 9.95 Å². The largest absolute Gasteiger partial charge is 0.361 e. The van der Waals surface area contributed by atoms with Crippen LogP contribution in [0.3, 0.4) is 0 Å². The molecule has 0 aliphatic heterocycles. The Labute approximate surface area is 117 Å². The molecule has 1 saturated carbocycles. The summed E-state index contributed by atoms with van der Waals surface area (Å²) in [4.78, 5) is 14.7. The fourth-order valence-electron chi connectivity index (χ4n) is 2.56. The summed E-state index contributed by atoms with van der Waals surface area (Å²) >= 11 is 5.76. The number of nitrogens with one attached hydrogen (secondary N) is 1. The molecule has 1 heterocycles. The van der Waals surface area contributed by atoms with Crippen molar-refractivity contribution in [2.45, 2.75) is 45.1 Å². The van der Waals surface area contributed by atoms with E-state index in [2.05, 4.69) is 17.2 Å². The van der Waals surface area contributed by atoms with Crippen LogP contribution in [0.25, 0.3) is 0 Å². The number of nitrogens with zero attached hydrogens (tertiary/aromatic N) is 2. The molecule has 0 radical (unpaired) electrons. The number of halogens is 1. The van der Waals surface area contributed by atoms with Crippen LogP contribution in [-0.2, 0) is 0 Å². The first kappa shape index (κ1) is 14.1. The summed E-state index contributed by atoms with van der Waals surface area (Å²) in [5, 5.41) is 14.6. The van der Waals surface area contributed by atoms with Crippen molar-refractivity contribution in [2.75, 3.05) is 5.32 Å². The third kappa shape index (κ3) is 3.56. The van der Waals surface area contributed by atoms with Crippen LogP contribution in [0.4, 0.5) is 11.5 Å². The summed E-state index contributed by atoms with van der Waals surface area (Å²) in [5.41, 5.74) is -0.0519. The van der Waals surface area contributed by atoms with E-state index in [0.29, 0.717) is 11.7 Å². The van der Waals surface area contributed by atoms with E-state index in [1.807, 2.05) is 0 Å². The highest BCUT2D eigenvalue weighted by molar-refractivity contribution is 6.30. The average Bonchev–Trinajstić information content (AvgIpc) is 2.57. The molecular weight excluding hydrogens is 266 g/mol.